The van der Waals surface area contributed by atoms with Gasteiger partial charge in [-0.2, -0.15) is 0 Å². The summed E-state index contributed by atoms with van der Waals surface area (Å²) in [6.07, 6.45) is 1.71. The molecule has 5 heteroatoms. The highest BCUT2D eigenvalue weighted by Gasteiger charge is 2.11. The highest BCUT2D eigenvalue weighted by molar-refractivity contribution is 5.92. The van der Waals surface area contributed by atoms with E-state index in [1.807, 2.05) is 58.0 Å². The number of carbonyl (C=O) groups is 1. The lowest BCUT2D eigenvalue weighted by Crippen LogP contribution is -2.27. The number of nitrogens with one attached hydrogen (secondary N) is 1. The fourth-order valence-electron chi connectivity index (χ4n) is 3.08. The van der Waals surface area contributed by atoms with Gasteiger partial charge in [0.15, 0.2) is 0 Å². The Hall–Kier alpha value is -3.08. The van der Waals surface area contributed by atoms with Crippen molar-refractivity contribution in [2.24, 2.45) is 0 Å². The quantitative estimate of drug-likeness (QED) is 0.743. The van der Waals surface area contributed by atoms with Gasteiger partial charge in [-0.25, -0.2) is 0 Å². The van der Waals surface area contributed by atoms with E-state index in [0.29, 0.717) is 5.39 Å². The molecule has 0 saturated heterocycles. The number of para-hydroxylation sites is 1. The lowest BCUT2D eigenvalue weighted by molar-refractivity contribution is -0.116. The van der Waals surface area contributed by atoms with Crippen LogP contribution in [0, 0.1) is 13.8 Å². The van der Waals surface area contributed by atoms with E-state index < -0.39 is 0 Å². The number of aryl methyl sites for hydroxylation is 2. The number of carbonyl (C=O) groups excluding carboxylic acids is 1. The van der Waals surface area contributed by atoms with E-state index in [1.165, 1.54) is 4.57 Å². The molecule has 27 heavy (non-hydrogen) atoms. The van der Waals surface area contributed by atoms with Crippen molar-refractivity contribution in [1.29, 1.82) is 0 Å². The van der Waals surface area contributed by atoms with Crippen LogP contribution in [0.2, 0.25) is 0 Å². The van der Waals surface area contributed by atoms with Crippen LogP contribution in [0.1, 0.15) is 25.0 Å². The molecule has 1 N–H and O–H groups in total. The number of benzene rings is 2. The average molecular weight is 364 g/mol. The van der Waals surface area contributed by atoms with E-state index in [9.17, 15) is 9.59 Å². The molecule has 3 aromatic rings. The molecule has 0 saturated carbocycles. The highest BCUT2D eigenvalue weighted by atomic mass is 16.5. The Morgan fingerprint density at radius 1 is 1.11 bits per heavy atom. The minimum absolute atomic E-state index is 0.0349. The molecule has 0 fully saturated rings. The first kappa shape index (κ1) is 18.7. The number of rotatable bonds is 5. The molecule has 1 amide bonds. The molecule has 1 aromatic heterocycles. The maximum atomic E-state index is 12.7. The summed E-state index contributed by atoms with van der Waals surface area (Å²) in [5.74, 6) is 0.496. The monoisotopic (exact) mass is 364 g/mol. The van der Waals surface area contributed by atoms with Crippen LogP contribution in [-0.4, -0.2) is 16.6 Å². The summed E-state index contributed by atoms with van der Waals surface area (Å²) in [6, 6.07) is 13.0. The SMILES string of the molecule is Cc1cccc(C)c1NC(=O)Cn1ccc2cc(OC(C)C)ccc2c1=O. The van der Waals surface area contributed by atoms with Gasteiger partial charge in [0.25, 0.3) is 5.56 Å². The summed E-state index contributed by atoms with van der Waals surface area (Å²) in [7, 11) is 0. The zero-order valence-electron chi connectivity index (χ0n) is 16.1. The summed E-state index contributed by atoms with van der Waals surface area (Å²) >= 11 is 0. The molecule has 0 unspecified atom stereocenters. The zero-order valence-corrected chi connectivity index (χ0v) is 16.1. The number of hydrogen-bond acceptors (Lipinski definition) is 3. The van der Waals surface area contributed by atoms with Crippen LogP contribution in [0.3, 0.4) is 0 Å². The van der Waals surface area contributed by atoms with Crippen LogP contribution >= 0.6 is 0 Å². The molecule has 140 valence electrons. The van der Waals surface area contributed by atoms with E-state index in [1.54, 1.807) is 18.3 Å². The van der Waals surface area contributed by atoms with Crippen molar-refractivity contribution in [2.75, 3.05) is 5.32 Å². The number of hydrogen-bond donors (Lipinski definition) is 1. The number of nitrogens with zero attached hydrogens (tertiary/aromatic N) is 1. The number of anilines is 1. The largest absolute Gasteiger partial charge is 0.491 e. The topological polar surface area (TPSA) is 60.3 Å². The van der Waals surface area contributed by atoms with Gasteiger partial charge in [0, 0.05) is 17.3 Å². The van der Waals surface area contributed by atoms with Crippen molar-refractivity contribution in [1.82, 2.24) is 4.57 Å². The third kappa shape index (κ3) is 4.19. The fraction of sp³-hybridized carbons (Fsp3) is 0.273. The highest BCUT2D eigenvalue weighted by Crippen LogP contribution is 2.20. The van der Waals surface area contributed by atoms with Crippen molar-refractivity contribution in [3.63, 3.8) is 0 Å². The standard InChI is InChI=1S/C22H24N2O3/c1-14(2)27-18-8-9-19-17(12-18)10-11-24(22(19)26)13-20(25)23-21-15(3)6-5-7-16(21)4/h5-12,14H,13H2,1-4H3,(H,23,25). The summed E-state index contributed by atoms with van der Waals surface area (Å²) in [5, 5.41) is 4.27. The van der Waals surface area contributed by atoms with Crippen LogP contribution in [0.4, 0.5) is 5.69 Å². The molecule has 0 spiro atoms. The third-order valence-electron chi connectivity index (χ3n) is 4.38. The molecule has 0 aliphatic carbocycles. The molecule has 1 heterocycles. The van der Waals surface area contributed by atoms with Crippen LogP contribution in [0.15, 0.2) is 53.5 Å². The Morgan fingerprint density at radius 2 is 1.81 bits per heavy atom. The second-order valence-electron chi connectivity index (χ2n) is 6.98. The van der Waals surface area contributed by atoms with E-state index in [0.717, 1.165) is 28.0 Å². The molecule has 5 nitrogen and oxygen atoms in total. The number of fused-ring (bicyclic) bond motifs is 1. The average Bonchev–Trinajstić information content (AvgIpc) is 2.60. The number of amides is 1. The van der Waals surface area contributed by atoms with Crippen LogP contribution in [0.25, 0.3) is 10.8 Å². The van der Waals surface area contributed by atoms with Crippen LogP contribution < -0.4 is 15.6 Å². The maximum Gasteiger partial charge on any atom is 0.258 e. The van der Waals surface area contributed by atoms with Crippen molar-refractivity contribution in [2.45, 2.75) is 40.3 Å². The smallest absolute Gasteiger partial charge is 0.258 e. The van der Waals surface area contributed by atoms with Crippen molar-refractivity contribution in [3.05, 3.63) is 70.1 Å². The third-order valence-corrected chi connectivity index (χ3v) is 4.38. The number of pyridine rings is 1. The molecular weight excluding hydrogens is 340 g/mol. The summed E-state index contributed by atoms with van der Waals surface area (Å²) in [5.41, 5.74) is 2.59. The molecule has 3 rings (SSSR count). The fourth-order valence-corrected chi connectivity index (χ4v) is 3.08. The van der Waals surface area contributed by atoms with Crippen molar-refractivity contribution in [3.8, 4) is 5.75 Å². The van der Waals surface area contributed by atoms with E-state index in [2.05, 4.69) is 5.32 Å². The predicted molar refractivity (Wildman–Crippen MR) is 109 cm³/mol. The summed E-state index contributed by atoms with van der Waals surface area (Å²) in [6.45, 7) is 7.77. The minimum atomic E-state index is -0.228. The Morgan fingerprint density at radius 3 is 2.48 bits per heavy atom. The van der Waals surface area contributed by atoms with Crippen LogP contribution in [-0.2, 0) is 11.3 Å². The second-order valence-corrected chi connectivity index (χ2v) is 6.98. The summed E-state index contributed by atoms with van der Waals surface area (Å²) in [4.78, 5) is 25.2. The van der Waals surface area contributed by atoms with Crippen molar-refractivity contribution < 1.29 is 9.53 Å². The van der Waals surface area contributed by atoms with Crippen LogP contribution in [0.5, 0.6) is 5.75 Å². The molecule has 0 aliphatic rings. The van der Waals surface area contributed by atoms with Gasteiger partial charge >= 0.3 is 0 Å². The molecular formula is C22H24N2O3. The molecule has 0 bridgehead atoms. The Bertz CT molecular complexity index is 1030. The normalized spacial score (nSPS) is 11.0. The van der Waals surface area contributed by atoms with E-state index in [-0.39, 0.29) is 24.1 Å². The van der Waals surface area contributed by atoms with Gasteiger partial charge in [-0.05, 0) is 68.5 Å². The molecule has 0 radical (unpaired) electrons. The lowest BCUT2D eigenvalue weighted by atomic mass is 10.1. The molecule has 0 atom stereocenters. The van der Waals surface area contributed by atoms with Gasteiger partial charge in [0.2, 0.25) is 5.91 Å². The number of ether oxygens (including phenoxy) is 1. The van der Waals surface area contributed by atoms with E-state index >= 15 is 0 Å². The predicted octanol–water partition coefficient (Wildman–Crippen LogP) is 4.04. The van der Waals surface area contributed by atoms with Gasteiger partial charge in [0.1, 0.15) is 12.3 Å². The molecule has 0 aliphatic heterocycles. The Balaban J connectivity index is 1.83. The number of aromatic nitrogens is 1. The van der Waals surface area contributed by atoms with Crippen molar-refractivity contribution >= 4 is 22.4 Å². The second kappa shape index (κ2) is 7.66. The van der Waals surface area contributed by atoms with Gasteiger partial charge in [-0.3, -0.25) is 9.59 Å². The Labute approximate surface area is 158 Å². The zero-order chi connectivity index (χ0) is 19.6. The first-order chi connectivity index (χ1) is 12.8. The Kier molecular flexibility index (Phi) is 5.31. The summed E-state index contributed by atoms with van der Waals surface area (Å²) < 4.78 is 7.10. The van der Waals surface area contributed by atoms with Gasteiger partial charge < -0.3 is 14.6 Å². The molecule has 2 aromatic carbocycles. The van der Waals surface area contributed by atoms with E-state index in [4.69, 9.17) is 4.74 Å². The van der Waals surface area contributed by atoms with Gasteiger partial charge in [0.05, 0.1) is 6.10 Å². The van der Waals surface area contributed by atoms with Gasteiger partial charge in [-0.15, -0.1) is 0 Å². The van der Waals surface area contributed by atoms with Gasteiger partial charge in [-0.1, -0.05) is 18.2 Å². The first-order valence-electron chi connectivity index (χ1n) is 9.01. The lowest BCUT2D eigenvalue weighted by Gasteiger charge is -2.13. The first-order valence-corrected chi connectivity index (χ1v) is 9.01. The maximum absolute atomic E-state index is 12.7. The minimum Gasteiger partial charge on any atom is -0.491 e.